The zero-order valence-corrected chi connectivity index (χ0v) is 23.0. The van der Waals surface area contributed by atoms with Gasteiger partial charge in [-0.05, 0) is 74.5 Å². The molecule has 0 atom stereocenters. The fraction of sp³-hybridized carbons (Fsp3) is 0.548. The van der Waals surface area contributed by atoms with E-state index in [2.05, 4.69) is 27.4 Å². The lowest BCUT2D eigenvalue weighted by Crippen LogP contribution is -2.38. The molecule has 7 heteroatoms. The number of amides is 2. The van der Waals surface area contributed by atoms with Crippen LogP contribution < -0.4 is 15.5 Å². The first kappa shape index (κ1) is 28.1. The van der Waals surface area contributed by atoms with E-state index >= 15 is 0 Å². The molecule has 0 aliphatic carbocycles. The predicted molar refractivity (Wildman–Crippen MR) is 154 cm³/mol. The standard InChI is InChI=1S/C31H44N4O3/c1-2-3-4-5-9-25-10-12-26(13-11-25)30(36)33-27-14-15-29(35-18-6-7-19-35)28(24-27)31(37)32-16-8-17-34-20-22-38-23-21-34/h10-15,24H,2-9,16-23H2,1H3,(H,32,37)(H,33,36). The Labute approximate surface area is 227 Å². The maximum atomic E-state index is 13.3. The second-order valence-electron chi connectivity index (χ2n) is 10.5. The van der Waals surface area contributed by atoms with Crippen LogP contribution in [-0.2, 0) is 11.2 Å². The number of ether oxygens (including phenoxy) is 1. The Hall–Kier alpha value is -2.90. The number of nitrogens with one attached hydrogen (secondary N) is 2. The Kier molecular flexibility index (Phi) is 11.0. The summed E-state index contributed by atoms with van der Waals surface area (Å²) < 4.78 is 5.41. The first-order valence-corrected chi connectivity index (χ1v) is 14.5. The van der Waals surface area contributed by atoms with Gasteiger partial charge in [0, 0.05) is 49.7 Å². The van der Waals surface area contributed by atoms with E-state index in [0.717, 1.165) is 77.3 Å². The monoisotopic (exact) mass is 520 g/mol. The summed E-state index contributed by atoms with van der Waals surface area (Å²) in [5.74, 6) is -0.245. The average molecular weight is 521 g/mol. The molecule has 0 unspecified atom stereocenters. The summed E-state index contributed by atoms with van der Waals surface area (Å²) in [5, 5.41) is 6.11. The van der Waals surface area contributed by atoms with Gasteiger partial charge in [-0.2, -0.15) is 0 Å². The van der Waals surface area contributed by atoms with Gasteiger partial charge < -0.3 is 20.3 Å². The quantitative estimate of drug-likeness (QED) is 0.359. The Morgan fingerprint density at radius 1 is 0.868 bits per heavy atom. The van der Waals surface area contributed by atoms with Crippen LogP contribution in [0.15, 0.2) is 42.5 Å². The van der Waals surface area contributed by atoms with Crippen LogP contribution in [0.1, 0.15) is 78.1 Å². The van der Waals surface area contributed by atoms with Crippen molar-refractivity contribution in [3.8, 4) is 0 Å². The van der Waals surface area contributed by atoms with Crippen LogP contribution in [0.25, 0.3) is 0 Å². The number of morpholine rings is 1. The lowest BCUT2D eigenvalue weighted by Gasteiger charge is -2.26. The van der Waals surface area contributed by atoms with Gasteiger partial charge >= 0.3 is 0 Å². The summed E-state index contributed by atoms with van der Waals surface area (Å²) in [7, 11) is 0. The zero-order chi connectivity index (χ0) is 26.6. The van der Waals surface area contributed by atoms with Crippen molar-refractivity contribution in [1.29, 1.82) is 0 Å². The Bertz CT molecular complexity index is 1030. The molecule has 206 valence electrons. The molecule has 0 spiro atoms. The van der Waals surface area contributed by atoms with Crippen LogP contribution in [0, 0.1) is 0 Å². The molecule has 2 N–H and O–H groups in total. The number of carbonyl (C=O) groups excluding carboxylic acids is 2. The third kappa shape index (κ3) is 8.30. The van der Waals surface area contributed by atoms with Crippen LogP contribution in [-0.4, -0.2) is 69.2 Å². The third-order valence-electron chi connectivity index (χ3n) is 7.52. The minimum Gasteiger partial charge on any atom is -0.379 e. The average Bonchev–Trinajstić information content (AvgIpc) is 3.49. The first-order chi connectivity index (χ1) is 18.6. The zero-order valence-electron chi connectivity index (χ0n) is 23.0. The number of aryl methyl sites for hydroxylation is 1. The maximum Gasteiger partial charge on any atom is 0.255 e. The summed E-state index contributed by atoms with van der Waals surface area (Å²) in [5.41, 5.74) is 4.09. The summed E-state index contributed by atoms with van der Waals surface area (Å²) in [6, 6.07) is 13.6. The molecule has 2 heterocycles. The molecule has 2 fully saturated rings. The van der Waals surface area contributed by atoms with E-state index in [0.29, 0.717) is 23.4 Å². The second kappa shape index (κ2) is 14.9. The van der Waals surface area contributed by atoms with Gasteiger partial charge in [-0.3, -0.25) is 14.5 Å². The summed E-state index contributed by atoms with van der Waals surface area (Å²) in [6.45, 7) is 9.18. The Balaban J connectivity index is 1.36. The summed E-state index contributed by atoms with van der Waals surface area (Å²) in [4.78, 5) is 30.9. The van der Waals surface area contributed by atoms with Crippen LogP contribution in [0.5, 0.6) is 0 Å². The minimum atomic E-state index is -0.159. The van der Waals surface area contributed by atoms with Gasteiger partial charge in [0.2, 0.25) is 0 Å². The fourth-order valence-corrected chi connectivity index (χ4v) is 5.24. The molecule has 0 aromatic heterocycles. The molecule has 2 aromatic carbocycles. The molecular formula is C31H44N4O3. The molecule has 2 amide bonds. The molecule has 7 nitrogen and oxygen atoms in total. The van der Waals surface area contributed by atoms with Crippen molar-refractivity contribution < 1.29 is 14.3 Å². The van der Waals surface area contributed by atoms with E-state index in [1.807, 2.05) is 42.5 Å². The highest BCUT2D eigenvalue weighted by molar-refractivity contribution is 6.06. The number of hydrogen-bond donors (Lipinski definition) is 2. The Morgan fingerprint density at radius 2 is 1.63 bits per heavy atom. The number of rotatable bonds is 13. The molecule has 2 aromatic rings. The van der Waals surface area contributed by atoms with Gasteiger partial charge in [-0.1, -0.05) is 38.3 Å². The van der Waals surface area contributed by atoms with Gasteiger partial charge in [0.1, 0.15) is 0 Å². The largest absolute Gasteiger partial charge is 0.379 e. The molecule has 2 aliphatic rings. The van der Waals surface area contributed by atoms with Crippen molar-refractivity contribution in [2.75, 3.05) is 62.7 Å². The van der Waals surface area contributed by atoms with Crippen molar-refractivity contribution in [3.05, 3.63) is 59.2 Å². The maximum absolute atomic E-state index is 13.3. The van der Waals surface area contributed by atoms with E-state index in [-0.39, 0.29) is 11.8 Å². The van der Waals surface area contributed by atoms with E-state index in [9.17, 15) is 9.59 Å². The lowest BCUT2D eigenvalue weighted by atomic mass is 10.0. The van der Waals surface area contributed by atoms with Crippen molar-refractivity contribution in [3.63, 3.8) is 0 Å². The number of carbonyl (C=O) groups is 2. The Morgan fingerprint density at radius 3 is 2.37 bits per heavy atom. The highest BCUT2D eigenvalue weighted by Crippen LogP contribution is 2.28. The molecule has 2 aliphatic heterocycles. The van der Waals surface area contributed by atoms with Crippen LogP contribution in [0.4, 0.5) is 11.4 Å². The van der Waals surface area contributed by atoms with Crippen molar-refractivity contribution in [1.82, 2.24) is 10.2 Å². The molecule has 38 heavy (non-hydrogen) atoms. The van der Waals surface area contributed by atoms with E-state index in [1.165, 1.54) is 31.2 Å². The van der Waals surface area contributed by atoms with Gasteiger partial charge in [0.05, 0.1) is 18.8 Å². The summed E-state index contributed by atoms with van der Waals surface area (Å²) >= 11 is 0. The number of anilines is 2. The van der Waals surface area contributed by atoms with Crippen molar-refractivity contribution in [2.24, 2.45) is 0 Å². The molecule has 2 saturated heterocycles. The van der Waals surface area contributed by atoms with Gasteiger partial charge in [-0.25, -0.2) is 0 Å². The second-order valence-corrected chi connectivity index (χ2v) is 10.5. The highest BCUT2D eigenvalue weighted by atomic mass is 16.5. The molecule has 4 rings (SSSR count). The van der Waals surface area contributed by atoms with Gasteiger partial charge in [0.25, 0.3) is 11.8 Å². The van der Waals surface area contributed by atoms with Crippen LogP contribution >= 0.6 is 0 Å². The number of hydrogen-bond acceptors (Lipinski definition) is 5. The lowest BCUT2D eigenvalue weighted by molar-refractivity contribution is 0.0374. The third-order valence-corrected chi connectivity index (χ3v) is 7.52. The van der Waals surface area contributed by atoms with Crippen molar-refractivity contribution >= 4 is 23.2 Å². The van der Waals surface area contributed by atoms with Crippen LogP contribution in [0.2, 0.25) is 0 Å². The van der Waals surface area contributed by atoms with Crippen molar-refractivity contribution in [2.45, 2.75) is 58.3 Å². The van der Waals surface area contributed by atoms with Gasteiger partial charge in [0.15, 0.2) is 0 Å². The molecule has 0 saturated carbocycles. The van der Waals surface area contributed by atoms with Gasteiger partial charge in [-0.15, -0.1) is 0 Å². The van der Waals surface area contributed by atoms with E-state index in [4.69, 9.17) is 4.74 Å². The first-order valence-electron chi connectivity index (χ1n) is 14.5. The fourth-order valence-electron chi connectivity index (χ4n) is 5.24. The SMILES string of the molecule is CCCCCCc1ccc(C(=O)Nc2ccc(N3CCCC3)c(C(=O)NCCCN3CCOCC3)c2)cc1. The molecular weight excluding hydrogens is 476 g/mol. The predicted octanol–water partition coefficient (Wildman–Crippen LogP) is 5.11. The molecule has 0 radical (unpaired) electrons. The number of unbranched alkanes of at least 4 members (excludes halogenated alkanes) is 3. The number of nitrogens with zero attached hydrogens (tertiary/aromatic N) is 2. The smallest absolute Gasteiger partial charge is 0.255 e. The number of benzene rings is 2. The van der Waals surface area contributed by atoms with Crippen LogP contribution in [0.3, 0.4) is 0 Å². The highest BCUT2D eigenvalue weighted by Gasteiger charge is 2.21. The molecule has 0 bridgehead atoms. The van der Waals surface area contributed by atoms with E-state index < -0.39 is 0 Å². The normalized spacial score (nSPS) is 16.0. The van der Waals surface area contributed by atoms with E-state index in [1.54, 1.807) is 0 Å². The minimum absolute atomic E-state index is 0.0857. The topological polar surface area (TPSA) is 73.9 Å². The summed E-state index contributed by atoms with van der Waals surface area (Å²) in [6.07, 6.45) is 9.14.